The van der Waals surface area contributed by atoms with Crippen molar-refractivity contribution in [1.82, 2.24) is 16.0 Å². The summed E-state index contributed by atoms with van der Waals surface area (Å²) >= 11 is 0. The van der Waals surface area contributed by atoms with Gasteiger partial charge in [0, 0.05) is 18.0 Å². The van der Waals surface area contributed by atoms with Crippen molar-refractivity contribution in [3.8, 4) is 0 Å². The van der Waals surface area contributed by atoms with E-state index in [1.807, 2.05) is 44.2 Å². The van der Waals surface area contributed by atoms with Gasteiger partial charge in [0.25, 0.3) is 0 Å². The number of hydrogen-bond acceptors (Lipinski definition) is 5. The van der Waals surface area contributed by atoms with Gasteiger partial charge in [-0.1, -0.05) is 87.7 Å². The lowest BCUT2D eigenvalue weighted by Gasteiger charge is -2.26. The molecular formula is C29H39N3O4S. The Labute approximate surface area is 221 Å². The first kappa shape index (κ1) is 28.6. The second-order valence-electron chi connectivity index (χ2n) is 10.0. The van der Waals surface area contributed by atoms with Gasteiger partial charge in [0.05, 0.1) is 17.0 Å². The molecule has 8 heteroatoms. The number of amides is 2. The van der Waals surface area contributed by atoms with E-state index in [4.69, 9.17) is 0 Å². The van der Waals surface area contributed by atoms with Crippen LogP contribution in [0.25, 0.3) is 0 Å². The number of nitrogens with one attached hydrogen (secondary N) is 3. The lowest BCUT2D eigenvalue weighted by Crippen LogP contribution is -2.54. The molecule has 0 unspecified atom stereocenters. The summed E-state index contributed by atoms with van der Waals surface area (Å²) in [6, 6.07) is 16.5. The highest BCUT2D eigenvalue weighted by Crippen LogP contribution is 2.16. The lowest BCUT2D eigenvalue weighted by atomic mass is 10.0. The average Bonchev–Trinajstić information content (AvgIpc) is 2.92. The molecule has 2 aromatic rings. The fourth-order valence-electron chi connectivity index (χ4n) is 4.44. The number of carbonyl (C=O) groups is 2. The van der Waals surface area contributed by atoms with Crippen molar-refractivity contribution in [3.63, 3.8) is 0 Å². The third kappa shape index (κ3) is 9.44. The summed E-state index contributed by atoms with van der Waals surface area (Å²) in [7, 11) is -3.60. The summed E-state index contributed by atoms with van der Waals surface area (Å²) in [5, 5.41) is 10.5. The van der Waals surface area contributed by atoms with Crippen LogP contribution in [0, 0.1) is 5.92 Å². The predicted octanol–water partition coefficient (Wildman–Crippen LogP) is 4.11. The molecule has 3 atom stereocenters. The first-order valence-corrected chi connectivity index (χ1v) is 14.7. The van der Waals surface area contributed by atoms with Crippen molar-refractivity contribution < 1.29 is 18.0 Å². The van der Waals surface area contributed by atoms with Crippen molar-refractivity contribution in [2.45, 2.75) is 81.9 Å². The predicted molar refractivity (Wildman–Crippen MR) is 146 cm³/mol. The molecule has 0 radical (unpaired) electrons. The molecule has 1 saturated heterocycles. The Morgan fingerprint density at radius 1 is 1.00 bits per heavy atom. The largest absolute Gasteiger partial charge is 0.351 e. The smallest absolute Gasteiger partial charge is 0.237 e. The summed E-state index contributed by atoms with van der Waals surface area (Å²) in [4.78, 5) is 26.7. The monoisotopic (exact) mass is 525 g/mol. The Morgan fingerprint density at radius 2 is 1.65 bits per heavy atom. The molecule has 37 heavy (non-hydrogen) atoms. The van der Waals surface area contributed by atoms with E-state index in [-0.39, 0.29) is 22.6 Å². The van der Waals surface area contributed by atoms with E-state index < -0.39 is 28.0 Å². The van der Waals surface area contributed by atoms with Gasteiger partial charge in [-0.3, -0.25) is 14.9 Å². The Bertz CT molecular complexity index is 1130. The molecule has 0 aromatic heterocycles. The number of carbonyl (C=O) groups excluding carboxylic acids is 2. The molecule has 2 aromatic carbocycles. The van der Waals surface area contributed by atoms with Crippen molar-refractivity contribution in [3.05, 3.63) is 77.7 Å². The molecule has 3 N–H and O–H groups in total. The van der Waals surface area contributed by atoms with E-state index >= 15 is 0 Å². The maximum Gasteiger partial charge on any atom is 0.237 e. The minimum Gasteiger partial charge on any atom is -0.351 e. The molecule has 1 heterocycles. The second kappa shape index (κ2) is 14.1. The number of hydrogen-bond donors (Lipinski definition) is 3. The lowest BCUT2D eigenvalue weighted by molar-refractivity contribution is -0.126. The van der Waals surface area contributed by atoms with Crippen LogP contribution >= 0.6 is 0 Å². The van der Waals surface area contributed by atoms with Crippen molar-refractivity contribution >= 4 is 21.7 Å². The van der Waals surface area contributed by atoms with Gasteiger partial charge in [0.15, 0.2) is 9.84 Å². The highest BCUT2D eigenvalue weighted by Gasteiger charge is 2.28. The van der Waals surface area contributed by atoms with Gasteiger partial charge in [-0.2, -0.15) is 0 Å². The number of benzene rings is 2. The first-order chi connectivity index (χ1) is 17.7. The summed E-state index contributed by atoms with van der Waals surface area (Å²) < 4.78 is 25.4. The van der Waals surface area contributed by atoms with Crippen molar-refractivity contribution in [2.24, 2.45) is 5.92 Å². The van der Waals surface area contributed by atoms with Crippen LogP contribution in [0.1, 0.15) is 57.9 Å². The minimum atomic E-state index is -3.60. The highest BCUT2D eigenvalue weighted by molar-refractivity contribution is 7.94. The quantitative estimate of drug-likeness (QED) is 0.481. The SMILES string of the molecule is CC(C)C[C@@H]1N[C@@H](C(=O)NCc2ccccc2)CCCCC[C@H](/C=C/S(=O)(=O)c2ccccc2)NC1=O. The maximum atomic E-state index is 13.3. The summed E-state index contributed by atoms with van der Waals surface area (Å²) in [5.74, 6) is -0.105. The standard InChI is InChI=1S/C29H39N3O4S/c1-22(2)20-27-29(34)31-24(18-19-37(35,36)25-15-9-5-10-16-25)14-8-4-11-17-26(32-27)28(33)30-21-23-12-6-3-7-13-23/h3,5-7,9-10,12-13,15-16,18-19,22,24,26-27,32H,4,8,11,14,17,20-21H2,1-2H3,(H,30,33)(H,31,34)/b19-18+/t24-,26-,27+/m1/s1. The third-order valence-corrected chi connectivity index (χ3v) is 7.89. The van der Waals surface area contributed by atoms with Gasteiger partial charge in [-0.15, -0.1) is 0 Å². The van der Waals surface area contributed by atoms with Crippen LogP contribution in [0.15, 0.2) is 77.0 Å². The van der Waals surface area contributed by atoms with Gasteiger partial charge in [-0.25, -0.2) is 8.42 Å². The second-order valence-corrected chi connectivity index (χ2v) is 11.9. The van der Waals surface area contributed by atoms with E-state index in [9.17, 15) is 18.0 Å². The highest BCUT2D eigenvalue weighted by atomic mass is 32.2. The van der Waals surface area contributed by atoms with Crippen LogP contribution in [0.5, 0.6) is 0 Å². The average molecular weight is 526 g/mol. The van der Waals surface area contributed by atoms with Crippen LogP contribution in [-0.2, 0) is 26.0 Å². The molecule has 0 aliphatic carbocycles. The minimum absolute atomic E-state index is 0.116. The van der Waals surface area contributed by atoms with Gasteiger partial charge < -0.3 is 10.6 Å². The number of sulfone groups is 1. The van der Waals surface area contributed by atoms with Crippen LogP contribution in [0.4, 0.5) is 0 Å². The summed E-state index contributed by atoms with van der Waals surface area (Å²) in [6.07, 6.45) is 5.93. The van der Waals surface area contributed by atoms with Crippen LogP contribution in [0.3, 0.4) is 0 Å². The van der Waals surface area contributed by atoms with E-state index in [1.54, 1.807) is 36.4 Å². The molecule has 0 saturated carbocycles. The maximum absolute atomic E-state index is 13.3. The molecule has 7 nitrogen and oxygen atoms in total. The summed E-state index contributed by atoms with van der Waals surface area (Å²) in [5.41, 5.74) is 1.02. The van der Waals surface area contributed by atoms with Gasteiger partial charge in [-0.05, 0) is 42.9 Å². The molecular weight excluding hydrogens is 486 g/mol. The molecule has 1 fully saturated rings. The Hall–Kier alpha value is -2.97. The van der Waals surface area contributed by atoms with Crippen LogP contribution < -0.4 is 16.0 Å². The fraction of sp³-hybridized carbons (Fsp3) is 0.448. The molecule has 3 rings (SSSR count). The molecule has 0 bridgehead atoms. The van der Waals surface area contributed by atoms with E-state index in [0.29, 0.717) is 25.8 Å². The van der Waals surface area contributed by atoms with Gasteiger partial charge in [0.1, 0.15) is 0 Å². The topological polar surface area (TPSA) is 104 Å². The summed E-state index contributed by atoms with van der Waals surface area (Å²) in [6.45, 7) is 4.50. The number of rotatable bonds is 8. The molecule has 200 valence electrons. The van der Waals surface area contributed by atoms with E-state index in [2.05, 4.69) is 16.0 Å². The normalized spacial score (nSPS) is 21.8. The van der Waals surface area contributed by atoms with Gasteiger partial charge in [0.2, 0.25) is 11.8 Å². The van der Waals surface area contributed by atoms with Crippen molar-refractivity contribution in [2.75, 3.05) is 0 Å². The Balaban J connectivity index is 1.72. The first-order valence-electron chi connectivity index (χ1n) is 13.1. The van der Waals surface area contributed by atoms with Gasteiger partial charge >= 0.3 is 0 Å². The zero-order valence-corrected chi connectivity index (χ0v) is 22.5. The Kier molecular flexibility index (Phi) is 10.9. The van der Waals surface area contributed by atoms with Crippen LogP contribution in [-0.4, -0.2) is 38.4 Å². The van der Waals surface area contributed by atoms with Crippen LogP contribution in [0.2, 0.25) is 0 Å². The zero-order chi connectivity index (χ0) is 26.7. The fourth-order valence-corrected chi connectivity index (χ4v) is 5.53. The molecule has 1 aliphatic heterocycles. The van der Waals surface area contributed by atoms with E-state index in [0.717, 1.165) is 24.8 Å². The van der Waals surface area contributed by atoms with E-state index in [1.165, 1.54) is 5.41 Å². The molecule has 0 spiro atoms. The molecule has 1 aliphatic rings. The Morgan fingerprint density at radius 3 is 2.32 bits per heavy atom. The van der Waals surface area contributed by atoms with Crippen molar-refractivity contribution in [1.29, 1.82) is 0 Å². The zero-order valence-electron chi connectivity index (χ0n) is 21.7. The molecule has 2 amide bonds. The third-order valence-electron chi connectivity index (χ3n) is 6.45.